The molecule has 1 saturated heterocycles. The minimum absolute atomic E-state index is 0.229. The third-order valence-corrected chi connectivity index (χ3v) is 4.71. The number of amides is 2. The summed E-state index contributed by atoms with van der Waals surface area (Å²) in [7, 11) is 1.52. The monoisotopic (exact) mass is 332 g/mol. The van der Waals surface area contributed by atoms with Crippen LogP contribution in [0.25, 0.3) is 0 Å². The van der Waals surface area contributed by atoms with Crippen molar-refractivity contribution in [2.75, 3.05) is 20.2 Å². The van der Waals surface area contributed by atoms with Gasteiger partial charge in [-0.2, -0.15) is 0 Å². The van der Waals surface area contributed by atoms with Gasteiger partial charge in [0.05, 0.1) is 10.4 Å². The molecule has 1 aromatic rings. The third kappa shape index (κ3) is 4.09. The molecule has 2 rings (SSSR count). The van der Waals surface area contributed by atoms with E-state index in [1.54, 1.807) is 0 Å². The van der Waals surface area contributed by atoms with Gasteiger partial charge >= 0.3 is 12.0 Å². The highest BCUT2D eigenvalue weighted by atomic mass is 35.5. The van der Waals surface area contributed by atoms with E-state index in [1.165, 1.54) is 23.3 Å². The predicted octanol–water partition coefficient (Wildman–Crippen LogP) is 1.83. The lowest BCUT2D eigenvalue weighted by molar-refractivity contribution is -0.141. The number of urea groups is 1. The number of carboxylic acid groups (broad SMARTS) is 1. The molecule has 6 nitrogen and oxygen atoms in total. The first-order valence-electron chi connectivity index (χ1n) is 6.55. The largest absolute Gasteiger partial charge is 0.480 e. The zero-order valence-electron chi connectivity index (χ0n) is 11.5. The van der Waals surface area contributed by atoms with Crippen LogP contribution >= 0.6 is 22.9 Å². The van der Waals surface area contributed by atoms with Gasteiger partial charge in [-0.15, -0.1) is 11.3 Å². The van der Waals surface area contributed by atoms with E-state index in [-0.39, 0.29) is 12.1 Å². The normalized spacial score (nSPS) is 21.5. The number of thiophene rings is 1. The molecule has 0 radical (unpaired) electrons. The number of carbonyl (C=O) groups excluding carboxylic acids is 1. The van der Waals surface area contributed by atoms with E-state index >= 15 is 0 Å². The van der Waals surface area contributed by atoms with Crippen molar-refractivity contribution in [3.8, 4) is 0 Å². The van der Waals surface area contributed by atoms with Crippen LogP contribution in [0.15, 0.2) is 12.1 Å². The molecular weight excluding hydrogens is 316 g/mol. The number of hydrogen-bond acceptors (Lipinski definition) is 4. The molecule has 2 amide bonds. The number of nitrogens with zero attached hydrogens (tertiary/aromatic N) is 1. The summed E-state index contributed by atoms with van der Waals surface area (Å²) in [5.74, 6) is -1.00. The highest BCUT2D eigenvalue weighted by molar-refractivity contribution is 7.16. The maximum atomic E-state index is 12.1. The molecule has 1 fully saturated rings. The van der Waals surface area contributed by atoms with Crippen molar-refractivity contribution in [1.82, 2.24) is 10.2 Å². The summed E-state index contributed by atoms with van der Waals surface area (Å²) < 4.78 is 5.86. The number of carbonyl (C=O) groups is 2. The molecule has 0 bridgehead atoms. The van der Waals surface area contributed by atoms with Crippen LogP contribution in [0.2, 0.25) is 4.34 Å². The van der Waals surface area contributed by atoms with Crippen molar-refractivity contribution in [3.63, 3.8) is 0 Å². The number of methoxy groups -OCH3 is 1. The molecule has 2 N–H and O–H groups in total. The molecule has 116 valence electrons. The van der Waals surface area contributed by atoms with Crippen LogP contribution in [0.1, 0.15) is 11.3 Å². The number of aliphatic carboxylic acids is 1. The molecule has 1 aliphatic heterocycles. The summed E-state index contributed by atoms with van der Waals surface area (Å²) in [6.07, 6.45) is 0.760. The predicted molar refractivity (Wildman–Crippen MR) is 80.0 cm³/mol. The van der Waals surface area contributed by atoms with Gasteiger partial charge in [0.25, 0.3) is 0 Å². The van der Waals surface area contributed by atoms with Gasteiger partial charge < -0.3 is 20.1 Å². The number of rotatable bonds is 5. The maximum absolute atomic E-state index is 12.1. The van der Waals surface area contributed by atoms with Gasteiger partial charge in [-0.3, -0.25) is 0 Å². The topological polar surface area (TPSA) is 78.9 Å². The first-order chi connectivity index (χ1) is 10.0. The van der Waals surface area contributed by atoms with Crippen molar-refractivity contribution in [2.45, 2.75) is 25.0 Å². The second-order valence-electron chi connectivity index (χ2n) is 4.79. The average molecular weight is 333 g/mol. The lowest BCUT2D eigenvalue weighted by Gasteiger charge is -2.21. The summed E-state index contributed by atoms with van der Waals surface area (Å²) in [5.41, 5.74) is 0. The van der Waals surface area contributed by atoms with Crippen molar-refractivity contribution in [2.24, 2.45) is 0 Å². The van der Waals surface area contributed by atoms with E-state index in [0.717, 1.165) is 4.88 Å². The summed E-state index contributed by atoms with van der Waals surface area (Å²) in [6.45, 7) is 0.736. The Morgan fingerprint density at radius 2 is 2.33 bits per heavy atom. The second kappa shape index (κ2) is 7.11. The first-order valence-corrected chi connectivity index (χ1v) is 7.75. The molecule has 2 atom stereocenters. The van der Waals surface area contributed by atoms with Crippen molar-refractivity contribution < 1.29 is 19.4 Å². The highest BCUT2D eigenvalue weighted by Gasteiger charge is 2.39. The Bertz CT molecular complexity index is 522. The van der Waals surface area contributed by atoms with Gasteiger partial charge in [-0.05, 0) is 18.6 Å². The fourth-order valence-electron chi connectivity index (χ4n) is 2.31. The van der Waals surface area contributed by atoms with Crippen LogP contribution in [-0.2, 0) is 16.0 Å². The molecule has 8 heteroatoms. The van der Waals surface area contributed by atoms with Crippen LogP contribution in [0, 0.1) is 0 Å². The Kier molecular flexibility index (Phi) is 5.44. The fourth-order valence-corrected chi connectivity index (χ4v) is 3.39. The maximum Gasteiger partial charge on any atom is 0.326 e. The average Bonchev–Trinajstić information content (AvgIpc) is 3.04. The van der Waals surface area contributed by atoms with E-state index < -0.39 is 12.0 Å². The number of nitrogens with one attached hydrogen (secondary N) is 1. The lowest BCUT2D eigenvalue weighted by Crippen LogP contribution is -2.46. The zero-order chi connectivity index (χ0) is 15.4. The molecule has 2 unspecified atom stereocenters. The fraction of sp³-hybridized carbons (Fsp3) is 0.538. The standard InChI is InChI=1S/C13H17ClN2O4S/c1-20-8-6-10(12(17)18)16(7-8)13(19)15-5-4-9-2-3-11(14)21-9/h2-3,8,10H,4-7H2,1H3,(H,15,19)(H,17,18). The summed E-state index contributed by atoms with van der Waals surface area (Å²) >= 11 is 7.30. The number of carboxylic acids is 1. The van der Waals surface area contributed by atoms with E-state index in [1.807, 2.05) is 12.1 Å². The van der Waals surface area contributed by atoms with Gasteiger partial charge in [0.15, 0.2) is 0 Å². The number of likely N-dealkylation sites (tertiary alicyclic amines) is 1. The van der Waals surface area contributed by atoms with Crippen molar-refractivity contribution in [3.05, 3.63) is 21.3 Å². The Morgan fingerprint density at radius 3 is 2.90 bits per heavy atom. The van der Waals surface area contributed by atoms with E-state index in [0.29, 0.717) is 30.3 Å². The molecule has 1 aromatic heterocycles. The van der Waals surface area contributed by atoms with Crippen LogP contribution in [0.3, 0.4) is 0 Å². The van der Waals surface area contributed by atoms with Gasteiger partial charge in [0, 0.05) is 31.5 Å². The van der Waals surface area contributed by atoms with Crippen LogP contribution in [-0.4, -0.2) is 54.4 Å². The molecule has 21 heavy (non-hydrogen) atoms. The quantitative estimate of drug-likeness (QED) is 0.862. The Hall–Kier alpha value is -1.31. The second-order valence-corrected chi connectivity index (χ2v) is 6.59. The molecule has 2 heterocycles. The van der Waals surface area contributed by atoms with E-state index in [2.05, 4.69) is 5.32 Å². The van der Waals surface area contributed by atoms with Gasteiger partial charge in [-0.1, -0.05) is 11.6 Å². The zero-order valence-corrected chi connectivity index (χ0v) is 13.1. The van der Waals surface area contributed by atoms with Crippen LogP contribution < -0.4 is 5.32 Å². The minimum atomic E-state index is -1.00. The smallest absolute Gasteiger partial charge is 0.326 e. The summed E-state index contributed by atoms with van der Waals surface area (Å²) in [6, 6.07) is 2.53. The van der Waals surface area contributed by atoms with Gasteiger partial charge in [-0.25, -0.2) is 9.59 Å². The number of halogens is 1. The molecule has 0 aromatic carbocycles. The van der Waals surface area contributed by atoms with Crippen molar-refractivity contribution in [1.29, 1.82) is 0 Å². The van der Waals surface area contributed by atoms with E-state index in [9.17, 15) is 9.59 Å². The first kappa shape index (κ1) is 16.1. The molecular formula is C13H17ClN2O4S. The van der Waals surface area contributed by atoms with Crippen LogP contribution in [0.4, 0.5) is 4.79 Å². The third-order valence-electron chi connectivity index (χ3n) is 3.42. The SMILES string of the molecule is COC1CC(C(=O)O)N(C(=O)NCCc2ccc(Cl)s2)C1. The Labute approximate surface area is 131 Å². The molecule has 1 aliphatic rings. The summed E-state index contributed by atoms with van der Waals surface area (Å²) in [5, 5.41) is 11.9. The van der Waals surface area contributed by atoms with E-state index in [4.69, 9.17) is 21.4 Å². The van der Waals surface area contributed by atoms with Crippen molar-refractivity contribution >= 4 is 34.9 Å². The molecule has 0 spiro atoms. The number of hydrogen-bond donors (Lipinski definition) is 2. The molecule has 0 aliphatic carbocycles. The van der Waals surface area contributed by atoms with Crippen LogP contribution in [0.5, 0.6) is 0 Å². The minimum Gasteiger partial charge on any atom is -0.480 e. The Balaban J connectivity index is 1.85. The lowest BCUT2D eigenvalue weighted by atomic mass is 10.2. The molecule has 0 saturated carbocycles. The highest BCUT2D eigenvalue weighted by Crippen LogP contribution is 2.22. The van der Waals surface area contributed by atoms with Gasteiger partial charge in [0.1, 0.15) is 6.04 Å². The Morgan fingerprint density at radius 1 is 1.57 bits per heavy atom. The number of ether oxygens (including phenoxy) is 1. The van der Waals surface area contributed by atoms with Gasteiger partial charge in [0.2, 0.25) is 0 Å². The summed E-state index contributed by atoms with van der Waals surface area (Å²) in [4.78, 5) is 25.7.